The van der Waals surface area contributed by atoms with E-state index in [-0.39, 0.29) is 11.8 Å². The third kappa shape index (κ3) is 3.11. The Kier molecular flexibility index (Phi) is 4.50. The van der Waals surface area contributed by atoms with Gasteiger partial charge in [0.25, 0.3) is 0 Å². The van der Waals surface area contributed by atoms with E-state index >= 15 is 0 Å². The van der Waals surface area contributed by atoms with Crippen molar-refractivity contribution in [3.63, 3.8) is 0 Å². The minimum Gasteiger partial charge on any atom is -0.356 e. The summed E-state index contributed by atoms with van der Waals surface area (Å²) in [7, 11) is 0. The summed E-state index contributed by atoms with van der Waals surface area (Å²) in [5.74, 6) is 6.82. The van der Waals surface area contributed by atoms with Crippen LogP contribution >= 0.6 is 0 Å². The third-order valence-electron chi connectivity index (χ3n) is 4.92. The zero-order valence-electron chi connectivity index (χ0n) is 14.4. The monoisotopic (exact) mass is 347 g/mol. The Morgan fingerprint density at radius 1 is 1.00 bits per heavy atom. The van der Waals surface area contributed by atoms with E-state index in [2.05, 4.69) is 16.4 Å². The van der Waals surface area contributed by atoms with E-state index in [0.29, 0.717) is 0 Å². The maximum Gasteiger partial charge on any atom is 0.237 e. The molecule has 1 aliphatic rings. The van der Waals surface area contributed by atoms with Crippen molar-refractivity contribution in [1.29, 1.82) is 0 Å². The number of anilines is 1. The molecule has 3 aromatic rings. The summed E-state index contributed by atoms with van der Waals surface area (Å²) in [6, 6.07) is 18.1. The number of carbonyl (C=O) groups excluding carboxylic acids is 1. The minimum absolute atomic E-state index is 0.0297. The van der Waals surface area contributed by atoms with Crippen LogP contribution in [-0.2, 0) is 4.79 Å². The van der Waals surface area contributed by atoms with Gasteiger partial charge in [0.2, 0.25) is 5.91 Å². The number of nitrogens with two attached hydrogens (primary N) is 1. The van der Waals surface area contributed by atoms with Gasteiger partial charge >= 0.3 is 0 Å². The highest BCUT2D eigenvalue weighted by molar-refractivity contribution is 5.91. The second-order valence-electron chi connectivity index (χ2n) is 6.52. The van der Waals surface area contributed by atoms with Gasteiger partial charge in [0.1, 0.15) is 5.82 Å². The first-order chi connectivity index (χ1) is 12.8. The number of fused-ring (bicyclic) bond motifs is 1. The smallest absolute Gasteiger partial charge is 0.237 e. The number of nitrogens with one attached hydrogen (secondary N) is 1. The number of nitrogens with zero attached hydrogens (tertiary/aromatic N) is 3. The van der Waals surface area contributed by atoms with Gasteiger partial charge in [0.15, 0.2) is 5.82 Å². The normalized spacial score (nSPS) is 15.2. The van der Waals surface area contributed by atoms with Crippen LogP contribution in [0.25, 0.3) is 22.3 Å². The highest BCUT2D eigenvalue weighted by Crippen LogP contribution is 2.30. The average Bonchev–Trinajstić information content (AvgIpc) is 2.73. The molecule has 6 nitrogen and oxygen atoms in total. The van der Waals surface area contributed by atoms with Crippen molar-refractivity contribution >= 4 is 22.6 Å². The van der Waals surface area contributed by atoms with Crippen LogP contribution in [0.15, 0.2) is 54.6 Å². The van der Waals surface area contributed by atoms with E-state index < -0.39 is 0 Å². The Morgan fingerprint density at radius 3 is 2.42 bits per heavy atom. The second kappa shape index (κ2) is 7.09. The molecule has 3 N–H and O–H groups in total. The van der Waals surface area contributed by atoms with Crippen molar-refractivity contribution in [2.45, 2.75) is 12.8 Å². The van der Waals surface area contributed by atoms with Crippen LogP contribution < -0.4 is 16.2 Å². The molecule has 0 atom stereocenters. The van der Waals surface area contributed by atoms with Crippen LogP contribution in [0.3, 0.4) is 0 Å². The van der Waals surface area contributed by atoms with Gasteiger partial charge in [-0.25, -0.2) is 15.8 Å². The van der Waals surface area contributed by atoms with Gasteiger partial charge in [-0.15, -0.1) is 0 Å². The van der Waals surface area contributed by atoms with Crippen LogP contribution in [0.2, 0.25) is 0 Å². The molecular weight excluding hydrogens is 326 g/mol. The van der Waals surface area contributed by atoms with Crippen LogP contribution in [0, 0.1) is 5.92 Å². The first-order valence-electron chi connectivity index (χ1n) is 8.84. The number of hydrogen-bond acceptors (Lipinski definition) is 5. The van der Waals surface area contributed by atoms with Crippen molar-refractivity contribution in [1.82, 2.24) is 15.4 Å². The molecule has 1 saturated heterocycles. The highest BCUT2D eigenvalue weighted by atomic mass is 16.2. The molecule has 1 aliphatic heterocycles. The van der Waals surface area contributed by atoms with Gasteiger partial charge in [-0.3, -0.25) is 10.2 Å². The fourth-order valence-corrected chi connectivity index (χ4v) is 3.49. The summed E-state index contributed by atoms with van der Waals surface area (Å²) >= 11 is 0. The lowest BCUT2D eigenvalue weighted by atomic mass is 9.96. The van der Waals surface area contributed by atoms with Crippen LogP contribution in [0.5, 0.6) is 0 Å². The predicted octanol–water partition coefficient (Wildman–Crippen LogP) is 2.50. The molecule has 0 spiro atoms. The number of piperidine rings is 1. The number of aromatic nitrogens is 2. The maximum atomic E-state index is 11.8. The number of carbonyl (C=O) groups is 1. The van der Waals surface area contributed by atoms with Crippen molar-refractivity contribution in [2.24, 2.45) is 11.8 Å². The molecule has 6 heteroatoms. The molecule has 0 radical (unpaired) electrons. The summed E-state index contributed by atoms with van der Waals surface area (Å²) in [6.07, 6.45) is 1.53. The van der Waals surface area contributed by atoms with Crippen LogP contribution in [-0.4, -0.2) is 29.0 Å². The van der Waals surface area contributed by atoms with Gasteiger partial charge < -0.3 is 4.90 Å². The second-order valence-corrected chi connectivity index (χ2v) is 6.52. The summed E-state index contributed by atoms with van der Waals surface area (Å²) in [5.41, 5.74) is 4.19. The van der Waals surface area contributed by atoms with Gasteiger partial charge in [-0.2, -0.15) is 0 Å². The molecule has 2 heterocycles. The lowest BCUT2D eigenvalue weighted by Crippen LogP contribution is -2.43. The number of rotatable bonds is 3. The fraction of sp³-hybridized carbons (Fsp3) is 0.250. The SMILES string of the molecule is NNC(=O)C1CCN(c2nc(-c3ccccc3)nc3ccccc23)CC1. The molecule has 132 valence electrons. The molecule has 4 rings (SSSR count). The summed E-state index contributed by atoms with van der Waals surface area (Å²) in [6.45, 7) is 1.54. The Morgan fingerprint density at radius 2 is 1.69 bits per heavy atom. The Bertz CT molecular complexity index is 920. The molecular formula is C20H21N5O. The van der Waals surface area contributed by atoms with Gasteiger partial charge in [-0.1, -0.05) is 42.5 Å². The van der Waals surface area contributed by atoms with E-state index in [1.807, 2.05) is 48.5 Å². The largest absolute Gasteiger partial charge is 0.356 e. The van der Waals surface area contributed by atoms with Crippen molar-refractivity contribution in [3.05, 3.63) is 54.6 Å². The number of amides is 1. The minimum atomic E-state index is -0.0813. The van der Waals surface area contributed by atoms with Crippen molar-refractivity contribution in [2.75, 3.05) is 18.0 Å². The van der Waals surface area contributed by atoms with Crippen molar-refractivity contribution in [3.8, 4) is 11.4 Å². The first-order valence-corrected chi connectivity index (χ1v) is 8.84. The number of hydrazine groups is 1. The van der Waals surface area contributed by atoms with Gasteiger partial charge in [0.05, 0.1) is 5.52 Å². The van der Waals surface area contributed by atoms with E-state index in [1.165, 1.54) is 0 Å². The van der Waals surface area contributed by atoms with E-state index in [4.69, 9.17) is 15.8 Å². The Labute approximate surface area is 152 Å². The molecule has 1 aromatic heterocycles. The zero-order chi connectivity index (χ0) is 17.9. The van der Waals surface area contributed by atoms with Crippen LogP contribution in [0.4, 0.5) is 5.82 Å². The molecule has 0 unspecified atom stereocenters. The summed E-state index contributed by atoms with van der Waals surface area (Å²) in [5, 5.41) is 1.04. The standard InChI is InChI=1S/C20H21N5O/c21-24-20(26)15-10-12-25(13-11-15)19-16-8-4-5-9-17(16)22-18(23-19)14-6-2-1-3-7-14/h1-9,15H,10-13,21H2,(H,24,26). The van der Waals surface area contributed by atoms with Crippen LogP contribution in [0.1, 0.15) is 12.8 Å². The Hall–Kier alpha value is -2.99. The molecule has 1 fully saturated rings. The lowest BCUT2D eigenvalue weighted by Gasteiger charge is -2.32. The summed E-state index contributed by atoms with van der Waals surface area (Å²) < 4.78 is 0. The zero-order valence-corrected chi connectivity index (χ0v) is 14.4. The lowest BCUT2D eigenvalue weighted by molar-refractivity contribution is -0.125. The topological polar surface area (TPSA) is 84.1 Å². The van der Waals surface area contributed by atoms with E-state index in [1.54, 1.807) is 0 Å². The van der Waals surface area contributed by atoms with Gasteiger partial charge in [-0.05, 0) is 25.0 Å². The first kappa shape index (κ1) is 16.5. The third-order valence-corrected chi connectivity index (χ3v) is 4.92. The Balaban J connectivity index is 1.71. The maximum absolute atomic E-state index is 11.8. The number of benzene rings is 2. The predicted molar refractivity (Wildman–Crippen MR) is 102 cm³/mol. The summed E-state index contributed by atoms with van der Waals surface area (Å²) in [4.78, 5) is 23.6. The fourth-order valence-electron chi connectivity index (χ4n) is 3.49. The molecule has 0 saturated carbocycles. The molecule has 1 amide bonds. The van der Waals surface area contributed by atoms with Crippen molar-refractivity contribution < 1.29 is 4.79 Å². The number of para-hydroxylation sites is 1. The molecule has 26 heavy (non-hydrogen) atoms. The molecule has 0 aliphatic carbocycles. The van der Waals surface area contributed by atoms with E-state index in [0.717, 1.165) is 54.0 Å². The average molecular weight is 347 g/mol. The highest BCUT2D eigenvalue weighted by Gasteiger charge is 2.26. The van der Waals surface area contributed by atoms with E-state index in [9.17, 15) is 4.79 Å². The number of hydrogen-bond donors (Lipinski definition) is 2. The van der Waals surface area contributed by atoms with Gasteiger partial charge in [0, 0.05) is 30.0 Å². The molecule has 0 bridgehead atoms. The quantitative estimate of drug-likeness (QED) is 0.432. The molecule has 2 aromatic carbocycles.